The van der Waals surface area contributed by atoms with E-state index in [4.69, 9.17) is 4.74 Å². The number of hydrogen-bond donors (Lipinski definition) is 1. The van der Waals surface area contributed by atoms with E-state index in [9.17, 15) is 9.90 Å². The second-order valence-corrected chi connectivity index (χ2v) is 6.01. The van der Waals surface area contributed by atoms with Gasteiger partial charge in [-0.25, -0.2) is 4.79 Å². The van der Waals surface area contributed by atoms with Crippen molar-refractivity contribution in [3.05, 3.63) is 34.9 Å². The molecule has 0 spiro atoms. The zero-order chi connectivity index (χ0) is 15.3. The fourth-order valence-corrected chi connectivity index (χ4v) is 2.55. The minimum atomic E-state index is -0.350. The van der Waals surface area contributed by atoms with Gasteiger partial charge in [0.15, 0.2) is 0 Å². The Bertz CT molecular complexity index is 453. The van der Waals surface area contributed by atoms with E-state index in [-0.39, 0.29) is 17.5 Å². The van der Waals surface area contributed by atoms with Crippen LogP contribution in [0.2, 0.25) is 0 Å². The zero-order valence-corrected chi connectivity index (χ0v) is 13.2. The van der Waals surface area contributed by atoms with Gasteiger partial charge in [-0.15, -0.1) is 0 Å². The molecule has 3 heteroatoms. The standard InChI is InChI=1S/C17H26O3/c1-6-20-16(19)11-12(2)7-8-14-13(3)15(18)9-10-17(14,4)5/h7-8,11,15,18H,6,9-10H2,1-5H3. The highest BCUT2D eigenvalue weighted by Gasteiger charge is 2.30. The summed E-state index contributed by atoms with van der Waals surface area (Å²) in [7, 11) is 0. The van der Waals surface area contributed by atoms with Crippen molar-refractivity contribution >= 4 is 5.97 Å². The molecule has 0 aromatic carbocycles. The molecule has 20 heavy (non-hydrogen) atoms. The summed E-state index contributed by atoms with van der Waals surface area (Å²) in [4.78, 5) is 11.4. The van der Waals surface area contributed by atoms with Crippen molar-refractivity contribution in [2.75, 3.05) is 6.61 Å². The Hall–Kier alpha value is -1.35. The molecule has 3 nitrogen and oxygen atoms in total. The normalized spacial score (nSPS) is 23.3. The predicted molar refractivity (Wildman–Crippen MR) is 81.3 cm³/mol. The summed E-state index contributed by atoms with van der Waals surface area (Å²) >= 11 is 0. The summed E-state index contributed by atoms with van der Waals surface area (Å²) in [5.74, 6) is -0.316. The van der Waals surface area contributed by atoms with Crippen molar-refractivity contribution in [3.8, 4) is 0 Å². The van der Waals surface area contributed by atoms with Gasteiger partial charge in [-0.2, -0.15) is 0 Å². The van der Waals surface area contributed by atoms with Crippen LogP contribution in [0.4, 0.5) is 0 Å². The summed E-state index contributed by atoms with van der Waals surface area (Å²) in [5.41, 5.74) is 3.10. The Morgan fingerprint density at radius 1 is 1.50 bits per heavy atom. The number of allylic oxidation sites excluding steroid dienone is 4. The van der Waals surface area contributed by atoms with Gasteiger partial charge in [0.05, 0.1) is 12.7 Å². The average molecular weight is 278 g/mol. The Labute approximate surface area is 122 Å². The van der Waals surface area contributed by atoms with E-state index in [1.54, 1.807) is 6.92 Å². The topological polar surface area (TPSA) is 46.5 Å². The quantitative estimate of drug-likeness (QED) is 0.486. The maximum absolute atomic E-state index is 11.4. The Kier molecular flexibility index (Phi) is 5.75. The van der Waals surface area contributed by atoms with E-state index in [0.29, 0.717) is 6.61 Å². The number of aliphatic hydroxyl groups excluding tert-OH is 1. The lowest BCUT2D eigenvalue weighted by molar-refractivity contribution is -0.137. The summed E-state index contributed by atoms with van der Waals surface area (Å²) in [5, 5.41) is 9.98. The second-order valence-electron chi connectivity index (χ2n) is 6.01. The van der Waals surface area contributed by atoms with Gasteiger partial charge < -0.3 is 9.84 Å². The van der Waals surface area contributed by atoms with Crippen LogP contribution in [0, 0.1) is 5.41 Å². The number of hydrogen-bond acceptors (Lipinski definition) is 3. The van der Waals surface area contributed by atoms with Crippen molar-refractivity contribution < 1.29 is 14.6 Å². The summed E-state index contributed by atoms with van der Waals surface area (Å²) in [6, 6.07) is 0. The van der Waals surface area contributed by atoms with Gasteiger partial charge in [-0.05, 0) is 55.7 Å². The molecular weight excluding hydrogens is 252 g/mol. The maximum Gasteiger partial charge on any atom is 0.330 e. The molecule has 0 bridgehead atoms. The number of ether oxygens (including phenoxy) is 1. The van der Waals surface area contributed by atoms with Gasteiger partial charge >= 0.3 is 5.97 Å². The van der Waals surface area contributed by atoms with Crippen LogP contribution in [-0.4, -0.2) is 23.8 Å². The van der Waals surface area contributed by atoms with Crippen LogP contribution < -0.4 is 0 Å². The van der Waals surface area contributed by atoms with Crippen LogP contribution in [0.15, 0.2) is 34.9 Å². The highest BCUT2D eigenvalue weighted by molar-refractivity contribution is 5.83. The lowest BCUT2D eigenvalue weighted by atomic mass is 9.71. The molecule has 112 valence electrons. The monoisotopic (exact) mass is 278 g/mol. The summed E-state index contributed by atoms with van der Waals surface area (Å²) < 4.78 is 4.88. The fraction of sp³-hybridized carbons (Fsp3) is 0.588. The van der Waals surface area contributed by atoms with Gasteiger partial charge in [0.25, 0.3) is 0 Å². The lowest BCUT2D eigenvalue weighted by Crippen LogP contribution is -2.27. The van der Waals surface area contributed by atoms with E-state index < -0.39 is 0 Å². The highest BCUT2D eigenvalue weighted by atomic mass is 16.5. The SMILES string of the molecule is CCOC(=O)C=C(C)C=CC1=C(C)C(O)CCC1(C)C. The maximum atomic E-state index is 11.4. The van der Waals surface area contributed by atoms with E-state index in [1.807, 2.05) is 26.0 Å². The van der Waals surface area contributed by atoms with Gasteiger partial charge in [-0.1, -0.05) is 26.0 Å². The molecule has 1 unspecified atom stereocenters. The van der Waals surface area contributed by atoms with Crippen molar-refractivity contribution in [1.82, 2.24) is 0 Å². The molecule has 1 atom stereocenters. The Balaban J connectivity index is 2.92. The highest BCUT2D eigenvalue weighted by Crippen LogP contribution is 2.40. The van der Waals surface area contributed by atoms with Gasteiger partial charge in [-0.3, -0.25) is 0 Å². The molecule has 0 saturated carbocycles. The van der Waals surface area contributed by atoms with Gasteiger partial charge in [0.1, 0.15) is 0 Å². The number of aliphatic hydroxyl groups is 1. The van der Waals surface area contributed by atoms with Crippen molar-refractivity contribution in [1.29, 1.82) is 0 Å². The fourth-order valence-electron chi connectivity index (χ4n) is 2.55. The molecule has 0 fully saturated rings. The third kappa shape index (κ3) is 4.34. The van der Waals surface area contributed by atoms with Gasteiger partial charge in [0, 0.05) is 6.08 Å². The first-order valence-electron chi connectivity index (χ1n) is 7.20. The van der Waals surface area contributed by atoms with E-state index in [0.717, 1.165) is 29.6 Å². The molecule has 1 aliphatic carbocycles. The average Bonchev–Trinajstić information content (AvgIpc) is 2.34. The Morgan fingerprint density at radius 2 is 2.15 bits per heavy atom. The Morgan fingerprint density at radius 3 is 2.75 bits per heavy atom. The van der Waals surface area contributed by atoms with Crippen LogP contribution in [-0.2, 0) is 9.53 Å². The molecule has 0 amide bonds. The molecule has 1 rings (SSSR count). The van der Waals surface area contributed by atoms with Crippen molar-refractivity contribution in [3.63, 3.8) is 0 Å². The molecule has 0 aromatic heterocycles. The summed E-state index contributed by atoms with van der Waals surface area (Å²) in [6.45, 7) is 10.4. The molecule has 0 aromatic rings. The lowest BCUT2D eigenvalue weighted by Gasteiger charge is -2.35. The van der Waals surface area contributed by atoms with Crippen LogP contribution in [0.1, 0.15) is 47.5 Å². The van der Waals surface area contributed by atoms with Crippen LogP contribution in [0.5, 0.6) is 0 Å². The molecule has 0 saturated heterocycles. The summed E-state index contributed by atoms with van der Waals surface area (Å²) in [6.07, 6.45) is 6.84. The number of esters is 1. The minimum absolute atomic E-state index is 0.0595. The van der Waals surface area contributed by atoms with Crippen LogP contribution in [0.25, 0.3) is 0 Å². The molecule has 1 N–H and O–H groups in total. The van der Waals surface area contributed by atoms with E-state index in [2.05, 4.69) is 13.8 Å². The van der Waals surface area contributed by atoms with E-state index in [1.165, 1.54) is 6.08 Å². The third-order valence-corrected chi connectivity index (χ3v) is 3.84. The first-order valence-corrected chi connectivity index (χ1v) is 7.20. The molecule has 0 aliphatic heterocycles. The molecule has 0 radical (unpaired) electrons. The largest absolute Gasteiger partial charge is 0.463 e. The van der Waals surface area contributed by atoms with E-state index >= 15 is 0 Å². The van der Waals surface area contributed by atoms with Crippen molar-refractivity contribution in [2.24, 2.45) is 5.41 Å². The smallest absolute Gasteiger partial charge is 0.330 e. The number of carbonyl (C=O) groups is 1. The molecular formula is C17H26O3. The first kappa shape index (κ1) is 16.7. The number of carbonyl (C=O) groups excluding carboxylic acids is 1. The van der Waals surface area contributed by atoms with Crippen molar-refractivity contribution in [2.45, 2.75) is 53.6 Å². The van der Waals surface area contributed by atoms with Crippen LogP contribution in [0.3, 0.4) is 0 Å². The minimum Gasteiger partial charge on any atom is -0.463 e. The van der Waals surface area contributed by atoms with Crippen LogP contribution >= 0.6 is 0 Å². The van der Waals surface area contributed by atoms with Gasteiger partial charge in [0.2, 0.25) is 0 Å². The predicted octanol–water partition coefficient (Wildman–Crippen LogP) is 3.55. The molecule has 0 heterocycles. The molecule has 1 aliphatic rings. The first-order chi connectivity index (χ1) is 9.27. The second kappa shape index (κ2) is 6.89. The number of rotatable bonds is 4. The third-order valence-electron chi connectivity index (χ3n) is 3.84. The zero-order valence-electron chi connectivity index (χ0n) is 13.2.